The van der Waals surface area contributed by atoms with Crippen LogP contribution in [0, 0.1) is 11.3 Å². The van der Waals surface area contributed by atoms with E-state index in [4.69, 9.17) is 0 Å². The monoisotopic (exact) mass is 229 g/mol. The molecular formula is C16H23N. The molecule has 0 bridgehead atoms. The predicted molar refractivity (Wildman–Crippen MR) is 72.2 cm³/mol. The number of hydrogen-bond acceptors (Lipinski definition) is 1. The molecule has 4 atom stereocenters. The van der Waals surface area contributed by atoms with Crippen molar-refractivity contribution in [2.24, 2.45) is 11.3 Å². The van der Waals surface area contributed by atoms with Gasteiger partial charge < -0.3 is 5.32 Å². The molecule has 0 aromatic heterocycles. The van der Waals surface area contributed by atoms with Gasteiger partial charge in [-0.1, -0.05) is 45.0 Å². The second-order valence-corrected chi connectivity index (χ2v) is 5.94. The lowest BCUT2D eigenvalue weighted by Crippen LogP contribution is -2.62. The molecule has 1 N–H and O–H groups in total. The lowest BCUT2D eigenvalue weighted by Gasteiger charge is -2.58. The average molecular weight is 229 g/mol. The lowest BCUT2D eigenvalue weighted by molar-refractivity contribution is -0.0171. The van der Waals surface area contributed by atoms with Crippen LogP contribution in [0.4, 0.5) is 0 Å². The van der Waals surface area contributed by atoms with Crippen molar-refractivity contribution < 1.29 is 0 Å². The molecule has 1 heteroatoms. The second-order valence-electron chi connectivity index (χ2n) is 5.94. The van der Waals surface area contributed by atoms with E-state index in [2.05, 4.69) is 50.4 Å². The highest BCUT2D eigenvalue weighted by atomic mass is 15.0. The van der Waals surface area contributed by atoms with Crippen molar-refractivity contribution in [3.8, 4) is 0 Å². The van der Waals surface area contributed by atoms with Crippen LogP contribution in [0.5, 0.6) is 0 Å². The Hall–Kier alpha value is -0.820. The molecule has 1 nitrogen and oxygen atoms in total. The van der Waals surface area contributed by atoms with Crippen molar-refractivity contribution >= 4 is 0 Å². The number of benzene rings is 1. The molecule has 1 aromatic carbocycles. The number of fused-ring (bicyclic) bond motifs is 3. The van der Waals surface area contributed by atoms with E-state index in [1.54, 1.807) is 11.1 Å². The predicted octanol–water partition coefficient (Wildman–Crippen LogP) is 3.35. The highest BCUT2D eigenvalue weighted by molar-refractivity contribution is 5.43. The largest absolute Gasteiger partial charge is 0.313 e. The number of rotatable bonds is 3. The molecule has 1 fully saturated rings. The van der Waals surface area contributed by atoms with Gasteiger partial charge in [0.05, 0.1) is 0 Å². The van der Waals surface area contributed by atoms with Crippen LogP contribution in [0.25, 0.3) is 0 Å². The molecule has 1 saturated carbocycles. The first-order valence-corrected chi connectivity index (χ1v) is 7.03. The summed E-state index contributed by atoms with van der Waals surface area (Å²) in [5, 5.41) is 3.73. The highest BCUT2D eigenvalue weighted by Crippen LogP contribution is 2.63. The Labute approximate surface area is 105 Å². The molecule has 2 aliphatic rings. The Morgan fingerprint density at radius 2 is 2.06 bits per heavy atom. The van der Waals surface area contributed by atoms with Crippen LogP contribution in [0.2, 0.25) is 0 Å². The molecule has 3 rings (SSSR count). The van der Waals surface area contributed by atoms with Gasteiger partial charge in [-0.3, -0.25) is 0 Å². The quantitative estimate of drug-likeness (QED) is 0.838. The molecule has 1 aromatic rings. The van der Waals surface area contributed by atoms with Gasteiger partial charge >= 0.3 is 0 Å². The summed E-state index contributed by atoms with van der Waals surface area (Å²) in [5.41, 5.74) is 3.70. The van der Waals surface area contributed by atoms with Gasteiger partial charge in [-0.05, 0) is 47.8 Å². The van der Waals surface area contributed by atoms with E-state index in [1.807, 2.05) is 0 Å². The Morgan fingerprint density at radius 3 is 2.76 bits per heavy atom. The Kier molecular flexibility index (Phi) is 2.55. The van der Waals surface area contributed by atoms with Crippen molar-refractivity contribution in [2.75, 3.05) is 6.54 Å². The van der Waals surface area contributed by atoms with Gasteiger partial charge in [0.25, 0.3) is 0 Å². The van der Waals surface area contributed by atoms with E-state index in [0.29, 0.717) is 5.41 Å². The Morgan fingerprint density at radius 1 is 1.29 bits per heavy atom. The standard InChI is InChI=1S/C16H23N/c1-4-16(3)14-12-9-7-6-8-11(12)10-13(14)15(16)17-5-2/h6-9,13-15,17H,4-5,10H2,1-3H3. The normalized spacial score (nSPS) is 38.4. The second kappa shape index (κ2) is 3.84. The lowest BCUT2D eigenvalue weighted by atomic mass is 9.50. The van der Waals surface area contributed by atoms with Crippen molar-refractivity contribution in [1.29, 1.82) is 0 Å². The number of hydrogen-bond donors (Lipinski definition) is 1. The minimum absolute atomic E-state index is 0.466. The maximum Gasteiger partial charge on any atom is 0.0164 e. The minimum Gasteiger partial charge on any atom is -0.313 e. The summed E-state index contributed by atoms with van der Waals surface area (Å²) >= 11 is 0. The van der Waals surface area contributed by atoms with Gasteiger partial charge in [0.2, 0.25) is 0 Å². The molecule has 2 aliphatic carbocycles. The van der Waals surface area contributed by atoms with Crippen LogP contribution in [-0.4, -0.2) is 12.6 Å². The van der Waals surface area contributed by atoms with Crippen LogP contribution in [0.15, 0.2) is 24.3 Å². The summed E-state index contributed by atoms with van der Waals surface area (Å²) in [5.74, 6) is 1.64. The third-order valence-electron chi connectivity index (χ3n) is 5.31. The van der Waals surface area contributed by atoms with E-state index in [0.717, 1.165) is 24.4 Å². The smallest absolute Gasteiger partial charge is 0.0164 e. The van der Waals surface area contributed by atoms with E-state index in [-0.39, 0.29) is 0 Å². The first-order valence-electron chi connectivity index (χ1n) is 7.03. The fourth-order valence-electron chi connectivity index (χ4n) is 4.39. The fourth-order valence-corrected chi connectivity index (χ4v) is 4.39. The molecule has 92 valence electrons. The van der Waals surface area contributed by atoms with Crippen LogP contribution in [0.3, 0.4) is 0 Å². The summed E-state index contributed by atoms with van der Waals surface area (Å²) < 4.78 is 0. The molecule has 0 amide bonds. The van der Waals surface area contributed by atoms with Crippen molar-refractivity contribution in [2.45, 2.75) is 45.6 Å². The van der Waals surface area contributed by atoms with Gasteiger partial charge in [0, 0.05) is 6.04 Å². The van der Waals surface area contributed by atoms with Crippen LogP contribution in [0.1, 0.15) is 44.2 Å². The third kappa shape index (κ3) is 1.35. The van der Waals surface area contributed by atoms with E-state index >= 15 is 0 Å². The Balaban J connectivity index is 1.96. The maximum absolute atomic E-state index is 3.73. The molecule has 4 unspecified atom stereocenters. The molecule has 0 spiro atoms. The first kappa shape index (κ1) is 11.3. The van der Waals surface area contributed by atoms with Crippen molar-refractivity contribution in [3.05, 3.63) is 35.4 Å². The minimum atomic E-state index is 0.466. The van der Waals surface area contributed by atoms with Crippen LogP contribution in [-0.2, 0) is 6.42 Å². The zero-order valence-electron chi connectivity index (χ0n) is 11.2. The molecular weight excluding hydrogens is 206 g/mol. The molecule has 0 aliphatic heterocycles. The SMILES string of the molecule is CCNC1C2Cc3ccccc3C2C1(C)CC. The zero-order chi connectivity index (χ0) is 12.0. The molecule has 0 saturated heterocycles. The van der Waals surface area contributed by atoms with Crippen molar-refractivity contribution in [3.63, 3.8) is 0 Å². The topological polar surface area (TPSA) is 12.0 Å². The van der Waals surface area contributed by atoms with E-state index < -0.39 is 0 Å². The summed E-state index contributed by atoms with van der Waals surface area (Å²) in [7, 11) is 0. The molecule has 17 heavy (non-hydrogen) atoms. The number of nitrogens with one attached hydrogen (secondary N) is 1. The van der Waals surface area contributed by atoms with Crippen LogP contribution >= 0.6 is 0 Å². The van der Waals surface area contributed by atoms with Gasteiger partial charge in [-0.2, -0.15) is 0 Å². The molecule has 0 radical (unpaired) electrons. The van der Waals surface area contributed by atoms with Gasteiger partial charge in [0.1, 0.15) is 0 Å². The summed E-state index contributed by atoms with van der Waals surface area (Å²) in [4.78, 5) is 0. The summed E-state index contributed by atoms with van der Waals surface area (Å²) in [6, 6.07) is 9.80. The maximum atomic E-state index is 3.73. The summed E-state index contributed by atoms with van der Waals surface area (Å²) in [6.45, 7) is 8.15. The fraction of sp³-hybridized carbons (Fsp3) is 0.625. The van der Waals surface area contributed by atoms with Gasteiger partial charge in [0.15, 0.2) is 0 Å². The zero-order valence-corrected chi connectivity index (χ0v) is 11.2. The van der Waals surface area contributed by atoms with Crippen LogP contribution < -0.4 is 5.32 Å². The van der Waals surface area contributed by atoms with Gasteiger partial charge in [-0.15, -0.1) is 0 Å². The first-order chi connectivity index (χ1) is 8.22. The Bertz CT molecular complexity index is 425. The molecule has 0 heterocycles. The van der Waals surface area contributed by atoms with Gasteiger partial charge in [-0.25, -0.2) is 0 Å². The summed E-state index contributed by atoms with van der Waals surface area (Å²) in [6.07, 6.45) is 2.56. The van der Waals surface area contributed by atoms with E-state index in [9.17, 15) is 0 Å². The highest BCUT2D eigenvalue weighted by Gasteiger charge is 2.60. The van der Waals surface area contributed by atoms with E-state index in [1.165, 1.54) is 12.8 Å². The average Bonchev–Trinajstić information content (AvgIpc) is 2.71. The third-order valence-corrected chi connectivity index (χ3v) is 5.31. The van der Waals surface area contributed by atoms with Crippen molar-refractivity contribution in [1.82, 2.24) is 5.32 Å².